The van der Waals surface area contributed by atoms with Gasteiger partial charge in [-0.25, -0.2) is 0 Å². The van der Waals surface area contributed by atoms with Crippen molar-refractivity contribution in [1.82, 2.24) is 4.90 Å². The third-order valence-corrected chi connectivity index (χ3v) is 7.68. The monoisotopic (exact) mass is 549 g/mol. The Labute approximate surface area is 216 Å². The van der Waals surface area contributed by atoms with Crippen molar-refractivity contribution >= 4 is 62.3 Å². The number of imide groups is 1. The summed E-state index contributed by atoms with van der Waals surface area (Å²) >= 11 is 12.9. The molecule has 0 aromatic heterocycles. The highest BCUT2D eigenvalue weighted by atomic mass is 35.5. The highest BCUT2D eigenvalue weighted by Gasteiger charge is 2.35. The number of benzene rings is 3. The first kappa shape index (κ1) is 25.1. The van der Waals surface area contributed by atoms with E-state index in [1.54, 1.807) is 30.3 Å². The first-order valence-electron chi connectivity index (χ1n) is 10.0. The van der Waals surface area contributed by atoms with Crippen molar-refractivity contribution in [1.29, 1.82) is 0 Å². The highest BCUT2D eigenvalue weighted by molar-refractivity contribution is 8.18. The topological polar surface area (TPSA) is 90.0 Å². The molecule has 0 aliphatic carbocycles. The number of rotatable bonds is 7. The Morgan fingerprint density at radius 2 is 1.71 bits per heavy atom. The molecule has 0 bridgehead atoms. The number of carbonyl (C=O) groups is 2. The van der Waals surface area contributed by atoms with E-state index in [9.17, 15) is 18.0 Å². The normalized spacial score (nSPS) is 15.1. The molecule has 3 aromatic carbocycles. The van der Waals surface area contributed by atoms with Crippen LogP contribution in [0.1, 0.15) is 11.1 Å². The zero-order valence-electron chi connectivity index (χ0n) is 18.1. The molecule has 0 spiro atoms. The van der Waals surface area contributed by atoms with E-state index in [0.717, 1.165) is 16.7 Å². The van der Waals surface area contributed by atoms with Crippen LogP contribution >= 0.6 is 35.0 Å². The standard InChI is InChI=1S/C24H17Cl2NO6S2/c1-32-18-7-9-20(10-8-18)35(30,31)33-19-4-2-3-15(11-19)12-22-23(28)27(24(29)34-22)14-16-5-6-17(25)13-21(16)26/h2-13H,14H2,1H3/b22-12-. The average molecular weight is 550 g/mol. The Bertz CT molecular complexity index is 1440. The molecular formula is C24H17Cl2NO6S2. The zero-order chi connectivity index (χ0) is 25.2. The van der Waals surface area contributed by atoms with E-state index in [0.29, 0.717) is 26.9 Å². The molecule has 3 aromatic rings. The predicted octanol–water partition coefficient (Wildman–Crippen LogP) is 6.01. The molecule has 1 aliphatic rings. The molecule has 1 heterocycles. The van der Waals surface area contributed by atoms with Crippen LogP contribution in [0.2, 0.25) is 10.0 Å². The number of halogens is 2. The van der Waals surface area contributed by atoms with Gasteiger partial charge in [-0.2, -0.15) is 8.42 Å². The van der Waals surface area contributed by atoms with E-state index in [4.69, 9.17) is 32.1 Å². The van der Waals surface area contributed by atoms with Crippen molar-refractivity contribution in [3.63, 3.8) is 0 Å². The van der Waals surface area contributed by atoms with Gasteiger partial charge in [-0.3, -0.25) is 14.5 Å². The molecule has 0 radical (unpaired) electrons. The summed E-state index contributed by atoms with van der Waals surface area (Å²) in [5.41, 5.74) is 1.07. The number of hydrogen-bond donors (Lipinski definition) is 0. The molecule has 11 heteroatoms. The number of hydrogen-bond acceptors (Lipinski definition) is 7. The summed E-state index contributed by atoms with van der Waals surface area (Å²) in [6.07, 6.45) is 1.50. The van der Waals surface area contributed by atoms with Gasteiger partial charge in [0.1, 0.15) is 16.4 Å². The average Bonchev–Trinajstić information content (AvgIpc) is 3.08. The lowest BCUT2D eigenvalue weighted by Gasteiger charge is -2.13. The van der Waals surface area contributed by atoms with Gasteiger partial charge >= 0.3 is 10.1 Å². The Balaban J connectivity index is 1.52. The van der Waals surface area contributed by atoms with Crippen LogP contribution in [0.25, 0.3) is 6.08 Å². The minimum Gasteiger partial charge on any atom is -0.497 e. The van der Waals surface area contributed by atoms with Crippen molar-refractivity contribution in [2.75, 3.05) is 7.11 Å². The maximum absolute atomic E-state index is 12.9. The van der Waals surface area contributed by atoms with Gasteiger partial charge in [0.25, 0.3) is 11.1 Å². The lowest BCUT2D eigenvalue weighted by molar-refractivity contribution is -0.123. The Hall–Kier alpha value is -2.98. The molecular weight excluding hydrogens is 533 g/mol. The Morgan fingerprint density at radius 1 is 0.971 bits per heavy atom. The summed E-state index contributed by atoms with van der Waals surface area (Å²) in [6, 6.07) is 16.8. The van der Waals surface area contributed by atoms with Crippen molar-refractivity contribution in [3.8, 4) is 11.5 Å². The largest absolute Gasteiger partial charge is 0.497 e. The molecule has 1 saturated heterocycles. The summed E-state index contributed by atoms with van der Waals surface area (Å²) in [6.45, 7) is 0.00125. The Kier molecular flexibility index (Phi) is 7.42. The van der Waals surface area contributed by atoms with E-state index in [2.05, 4.69) is 0 Å². The minimum atomic E-state index is -4.09. The SMILES string of the molecule is COc1ccc(S(=O)(=O)Oc2cccc(/C=C3\SC(=O)N(Cc4ccc(Cl)cc4Cl)C3=O)c2)cc1. The fourth-order valence-electron chi connectivity index (χ4n) is 3.18. The maximum atomic E-state index is 12.9. The van der Waals surface area contributed by atoms with Crippen molar-refractivity contribution in [2.24, 2.45) is 0 Å². The summed E-state index contributed by atoms with van der Waals surface area (Å²) in [7, 11) is -2.61. The van der Waals surface area contributed by atoms with E-state index in [1.807, 2.05) is 0 Å². The van der Waals surface area contributed by atoms with Gasteiger partial charge in [0.15, 0.2) is 0 Å². The highest BCUT2D eigenvalue weighted by Crippen LogP contribution is 2.35. The van der Waals surface area contributed by atoms with Crippen molar-refractivity contribution < 1.29 is 26.9 Å². The van der Waals surface area contributed by atoms with Gasteiger partial charge in [-0.05, 0) is 77.5 Å². The molecule has 4 rings (SSSR count). The molecule has 7 nitrogen and oxygen atoms in total. The number of ether oxygens (including phenoxy) is 1. The van der Waals surface area contributed by atoms with Crippen LogP contribution in [0.3, 0.4) is 0 Å². The predicted molar refractivity (Wildman–Crippen MR) is 135 cm³/mol. The fourth-order valence-corrected chi connectivity index (χ4v) is 5.41. The summed E-state index contributed by atoms with van der Waals surface area (Å²) < 4.78 is 35.5. The van der Waals surface area contributed by atoms with Gasteiger partial charge in [-0.1, -0.05) is 41.4 Å². The number of thioether (sulfide) groups is 1. The van der Waals surface area contributed by atoms with Gasteiger partial charge in [0.2, 0.25) is 0 Å². The smallest absolute Gasteiger partial charge is 0.339 e. The van der Waals surface area contributed by atoms with Crippen LogP contribution in [-0.2, 0) is 21.5 Å². The third kappa shape index (κ3) is 5.82. The Morgan fingerprint density at radius 3 is 2.40 bits per heavy atom. The van der Waals surface area contributed by atoms with Gasteiger partial charge < -0.3 is 8.92 Å². The number of methoxy groups -OCH3 is 1. The number of carbonyl (C=O) groups excluding carboxylic acids is 2. The lowest BCUT2D eigenvalue weighted by atomic mass is 10.2. The quantitative estimate of drug-likeness (QED) is 0.263. The second kappa shape index (κ2) is 10.3. The molecule has 0 saturated carbocycles. The van der Waals surface area contributed by atoms with Gasteiger partial charge in [0, 0.05) is 10.0 Å². The molecule has 1 aliphatic heterocycles. The summed E-state index contributed by atoms with van der Waals surface area (Å²) in [4.78, 5) is 26.6. The van der Waals surface area contributed by atoms with Crippen molar-refractivity contribution in [3.05, 3.63) is 92.8 Å². The van der Waals surface area contributed by atoms with E-state index < -0.39 is 21.3 Å². The first-order valence-corrected chi connectivity index (χ1v) is 13.0. The maximum Gasteiger partial charge on any atom is 0.339 e. The number of nitrogens with zero attached hydrogens (tertiary/aromatic N) is 1. The molecule has 0 unspecified atom stereocenters. The lowest BCUT2D eigenvalue weighted by Crippen LogP contribution is -2.27. The number of amides is 2. The fraction of sp³-hybridized carbons (Fsp3) is 0.0833. The second-order valence-electron chi connectivity index (χ2n) is 7.29. The van der Waals surface area contributed by atoms with Crippen LogP contribution in [0, 0.1) is 0 Å². The van der Waals surface area contributed by atoms with Crippen LogP contribution in [0.4, 0.5) is 4.79 Å². The van der Waals surface area contributed by atoms with Crippen LogP contribution < -0.4 is 8.92 Å². The van der Waals surface area contributed by atoms with E-state index in [1.165, 1.54) is 49.6 Å². The minimum absolute atomic E-state index is 0.00125. The van der Waals surface area contributed by atoms with Crippen molar-refractivity contribution in [2.45, 2.75) is 11.4 Å². The van der Waals surface area contributed by atoms with E-state index in [-0.39, 0.29) is 22.1 Å². The summed E-state index contributed by atoms with van der Waals surface area (Å²) in [5.74, 6) is 0.0863. The van der Waals surface area contributed by atoms with Crippen LogP contribution in [-0.4, -0.2) is 31.6 Å². The zero-order valence-corrected chi connectivity index (χ0v) is 21.2. The molecule has 35 heavy (non-hydrogen) atoms. The molecule has 1 fully saturated rings. The molecule has 0 atom stereocenters. The van der Waals surface area contributed by atoms with Crippen LogP contribution in [0.5, 0.6) is 11.5 Å². The third-order valence-electron chi connectivity index (χ3n) is 4.93. The molecule has 0 N–H and O–H groups in total. The molecule has 2 amide bonds. The van der Waals surface area contributed by atoms with E-state index >= 15 is 0 Å². The molecule has 180 valence electrons. The van der Waals surface area contributed by atoms with Crippen LogP contribution in [0.15, 0.2) is 76.5 Å². The van der Waals surface area contributed by atoms with Gasteiger partial charge in [0.05, 0.1) is 18.6 Å². The summed E-state index contributed by atoms with van der Waals surface area (Å²) in [5, 5.41) is 0.356. The van der Waals surface area contributed by atoms with Gasteiger partial charge in [-0.15, -0.1) is 0 Å². The second-order valence-corrected chi connectivity index (χ2v) is 10.7. The first-order chi connectivity index (χ1) is 16.7.